The number of hydrogen-bond acceptors (Lipinski definition) is 10. The van der Waals surface area contributed by atoms with Gasteiger partial charge in [-0.1, -0.05) is 98.9 Å². The second-order valence-electron chi connectivity index (χ2n) is 21.2. The second kappa shape index (κ2) is 26.1. The quantitative estimate of drug-likeness (QED) is 0.119. The van der Waals surface area contributed by atoms with Crippen LogP contribution >= 0.6 is 0 Å². The van der Waals surface area contributed by atoms with E-state index in [9.17, 15) is 28.8 Å². The first kappa shape index (κ1) is 54.5. The van der Waals surface area contributed by atoms with E-state index in [1.54, 1.807) is 37.7 Å². The van der Waals surface area contributed by atoms with Crippen LogP contribution in [0.15, 0.2) is 48.5 Å². The van der Waals surface area contributed by atoms with Crippen LogP contribution < -0.4 is 31.9 Å². The smallest absolute Gasteiger partial charge is 0.246 e. The largest absolute Gasteiger partial charge is 0.363 e. The maximum Gasteiger partial charge on any atom is 0.246 e. The molecule has 2 aromatic carbocycles. The lowest BCUT2D eigenvalue weighted by molar-refractivity contribution is -0.143. The monoisotopic (exact) mass is 1010 g/mol. The van der Waals surface area contributed by atoms with E-state index in [0.29, 0.717) is 51.6 Å². The van der Waals surface area contributed by atoms with Gasteiger partial charge in [0.25, 0.3) is 0 Å². The molecule has 6 aliphatic rings. The van der Waals surface area contributed by atoms with Crippen LogP contribution in [0.5, 0.6) is 0 Å². The Balaban J connectivity index is 0.858. The summed E-state index contributed by atoms with van der Waals surface area (Å²) in [7, 11) is 3.44. The van der Waals surface area contributed by atoms with E-state index in [4.69, 9.17) is 9.47 Å². The third kappa shape index (κ3) is 13.0. The number of likely N-dealkylation sites (tertiary alicyclic amines) is 2. The molecule has 16 heteroatoms. The summed E-state index contributed by atoms with van der Waals surface area (Å²) >= 11 is 0. The van der Waals surface area contributed by atoms with Gasteiger partial charge in [0.15, 0.2) is 0 Å². The van der Waals surface area contributed by atoms with Crippen molar-refractivity contribution in [1.29, 1.82) is 0 Å². The van der Waals surface area contributed by atoms with Crippen LogP contribution in [-0.2, 0) is 51.1 Å². The number of fused-ring (bicyclic) bond motifs is 2. The Labute approximate surface area is 437 Å². The second-order valence-corrected chi connectivity index (χ2v) is 21.2. The zero-order valence-electron chi connectivity index (χ0n) is 43.8. The van der Waals surface area contributed by atoms with Crippen molar-refractivity contribution in [2.45, 2.75) is 177 Å². The SMILES string of the molecule is CN[C@@H](C)C(=O)N[C@H](C(=O)N1CCC[C@H]1C(=O)NC1c2ccccc2C[C@@H]1OCC#CC#CCO[C@@H]1Cc2ccccc2[C@@H]1NC(=O)[C@@H]1CCCN1C(=O)[C@@H](NC(=O)[C@H](C)NC)C1CCCCC1)C1CCCCC1. The molecule has 0 spiro atoms. The fraction of sp³-hybridized carbons (Fsp3) is 0.621. The van der Waals surface area contributed by atoms with Gasteiger partial charge in [-0.3, -0.25) is 28.8 Å². The number of carbonyl (C=O) groups is 6. The van der Waals surface area contributed by atoms with Crippen molar-refractivity contribution in [3.63, 3.8) is 0 Å². The number of carbonyl (C=O) groups excluding carboxylic acids is 6. The van der Waals surface area contributed by atoms with Gasteiger partial charge in [0.1, 0.15) is 37.4 Å². The molecule has 1 unspecified atom stereocenters. The standard InChI is InChI=1S/C58H78N8O8/c1-37(59-3)53(67)61-49(39-21-9-7-10-22-39)57(71)65-31-19-29-45(65)55(69)63-51-43-27-15-13-25-41(43)35-47(51)73-33-17-5-6-18-34-74-48-36-42-26-14-16-28-44(42)52(48)64-56(70)46-30-20-32-66(46)58(72)50(40-23-11-8-12-24-40)62-54(68)38(2)60-4/h13-16,25-28,37-40,45-52,59-60H,7-12,19-24,29-36H2,1-4H3,(H,61,67)(H,62,68)(H,63,69)(H,64,70)/t37-,38-,45-,46-,47-,48+,49-,50-,51?,52-/m0/s1. The molecule has 2 saturated heterocycles. The highest BCUT2D eigenvalue weighted by atomic mass is 16.5. The van der Waals surface area contributed by atoms with Crippen molar-refractivity contribution >= 4 is 35.4 Å². The van der Waals surface area contributed by atoms with Crippen molar-refractivity contribution in [2.24, 2.45) is 11.8 Å². The van der Waals surface area contributed by atoms with Gasteiger partial charge in [-0.15, -0.1) is 0 Å². The molecule has 2 aliphatic heterocycles. The Morgan fingerprint density at radius 2 is 0.946 bits per heavy atom. The Bertz CT molecular complexity index is 2280. The summed E-state index contributed by atoms with van der Waals surface area (Å²) in [5.41, 5.74) is 4.10. The molecule has 4 fully saturated rings. The van der Waals surface area contributed by atoms with Crippen LogP contribution in [0.1, 0.15) is 138 Å². The van der Waals surface area contributed by atoms with Gasteiger partial charge < -0.3 is 51.2 Å². The number of likely N-dealkylation sites (N-methyl/N-ethyl adjacent to an activating group) is 2. The predicted molar refractivity (Wildman–Crippen MR) is 281 cm³/mol. The van der Waals surface area contributed by atoms with Crippen LogP contribution in [0.3, 0.4) is 0 Å². The molecule has 10 atom stereocenters. The number of amides is 6. The summed E-state index contributed by atoms with van der Waals surface area (Å²) < 4.78 is 12.7. The van der Waals surface area contributed by atoms with Crippen LogP contribution in [-0.4, -0.2) is 134 Å². The highest BCUT2D eigenvalue weighted by molar-refractivity contribution is 5.95. The molecule has 0 radical (unpaired) electrons. The summed E-state index contributed by atoms with van der Waals surface area (Å²) in [5.74, 6) is 10.6. The van der Waals surface area contributed by atoms with Crippen molar-refractivity contribution in [2.75, 3.05) is 40.4 Å². The highest BCUT2D eigenvalue weighted by Gasteiger charge is 2.45. The van der Waals surface area contributed by atoms with E-state index in [1.165, 1.54) is 0 Å². The molecule has 6 amide bonds. The lowest BCUT2D eigenvalue weighted by Crippen LogP contribution is -2.58. The molecule has 16 nitrogen and oxygen atoms in total. The first-order valence-corrected chi connectivity index (χ1v) is 27.5. The predicted octanol–water partition coefficient (Wildman–Crippen LogP) is 3.92. The van der Waals surface area contributed by atoms with Gasteiger partial charge in [0.2, 0.25) is 35.4 Å². The number of hydrogen-bond donors (Lipinski definition) is 6. The van der Waals surface area contributed by atoms with Crippen molar-refractivity contribution < 1.29 is 38.2 Å². The number of rotatable bonds is 18. The minimum Gasteiger partial charge on any atom is -0.363 e. The minimum atomic E-state index is -0.679. The van der Waals surface area contributed by atoms with Gasteiger partial charge in [-0.2, -0.15) is 0 Å². The van der Waals surface area contributed by atoms with Crippen LogP contribution in [0, 0.1) is 35.5 Å². The number of benzene rings is 2. The molecule has 74 heavy (non-hydrogen) atoms. The zero-order valence-corrected chi connectivity index (χ0v) is 43.8. The van der Waals surface area contributed by atoms with Crippen LogP contribution in [0.25, 0.3) is 0 Å². The molecule has 2 saturated carbocycles. The van der Waals surface area contributed by atoms with Gasteiger partial charge in [0, 0.05) is 25.9 Å². The van der Waals surface area contributed by atoms with Crippen molar-refractivity contribution in [3.05, 3.63) is 70.8 Å². The van der Waals surface area contributed by atoms with Crippen LogP contribution in [0.2, 0.25) is 0 Å². The molecule has 398 valence electrons. The summed E-state index contributed by atoms with van der Waals surface area (Å²) in [4.78, 5) is 86.6. The van der Waals surface area contributed by atoms with Gasteiger partial charge in [0.05, 0.1) is 36.4 Å². The molecular weight excluding hydrogens is 937 g/mol. The summed E-state index contributed by atoms with van der Waals surface area (Å²) in [6.45, 7) is 4.62. The van der Waals surface area contributed by atoms with Gasteiger partial charge >= 0.3 is 0 Å². The topological polar surface area (TPSA) is 200 Å². The van der Waals surface area contributed by atoms with E-state index in [2.05, 4.69) is 55.6 Å². The average molecular weight is 1020 g/mol. The summed E-state index contributed by atoms with van der Waals surface area (Å²) in [5, 5.41) is 18.6. The van der Waals surface area contributed by atoms with Crippen LogP contribution in [0.4, 0.5) is 0 Å². The fourth-order valence-corrected chi connectivity index (χ4v) is 12.2. The van der Waals surface area contributed by atoms with Gasteiger partial charge in [-0.25, -0.2) is 0 Å². The highest BCUT2D eigenvalue weighted by Crippen LogP contribution is 2.37. The molecule has 6 N–H and O–H groups in total. The van der Waals surface area contributed by atoms with Crippen molar-refractivity contribution in [1.82, 2.24) is 41.7 Å². The lowest BCUT2D eigenvalue weighted by Gasteiger charge is -2.35. The Kier molecular flexibility index (Phi) is 19.2. The maximum atomic E-state index is 14.3. The van der Waals surface area contributed by atoms with E-state index in [1.807, 2.05) is 48.5 Å². The molecule has 8 rings (SSSR count). The zero-order chi connectivity index (χ0) is 52.1. The molecule has 0 aromatic heterocycles. The maximum absolute atomic E-state index is 14.3. The Morgan fingerprint density at radius 1 is 0.554 bits per heavy atom. The lowest BCUT2D eigenvalue weighted by atomic mass is 9.83. The van der Waals surface area contributed by atoms with E-state index in [-0.39, 0.29) is 72.7 Å². The van der Waals surface area contributed by atoms with Crippen molar-refractivity contribution in [3.8, 4) is 23.7 Å². The Hall–Kier alpha value is -5.78. The third-order valence-electron chi connectivity index (χ3n) is 16.6. The first-order chi connectivity index (χ1) is 36.0. The van der Waals surface area contributed by atoms with E-state index >= 15 is 0 Å². The number of ether oxygens (including phenoxy) is 2. The normalized spacial score (nSPS) is 25.2. The molecular formula is C58H78N8O8. The molecule has 0 bridgehead atoms. The summed E-state index contributed by atoms with van der Waals surface area (Å²) in [6.07, 6.45) is 12.6. The average Bonchev–Trinajstić information content (AvgIpc) is 4.26. The van der Waals surface area contributed by atoms with E-state index in [0.717, 1.165) is 86.5 Å². The molecule has 4 aliphatic carbocycles. The third-order valence-corrected chi connectivity index (χ3v) is 16.6. The number of nitrogens with one attached hydrogen (secondary N) is 6. The van der Waals surface area contributed by atoms with Gasteiger partial charge in [-0.05, 0) is 125 Å². The van der Waals surface area contributed by atoms with E-state index < -0.39 is 48.3 Å². The first-order valence-electron chi connectivity index (χ1n) is 27.5. The molecule has 2 aromatic rings. The molecule has 2 heterocycles. The number of nitrogens with zero attached hydrogens (tertiary/aromatic N) is 2. The Morgan fingerprint density at radius 3 is 1.34 bits per heavy atom. The minimum absolute atomic E-state index is 0.0261. The fourth-order valence-electron chi connectivity index (χ4n) is 12.2. The summed E-state index contributed by atoms with van der Waals surface area (Å²) in [6, 6.07) is 11.5.